The number of carbonyl (C=O) groups excluding carboxylic acids is 1. The van der Waals surface area contributed by atoms with E-state index in [0.29, 0.717) is 41.7 Å². The van der Waals surface area contributed by atoms with Crippen LogP contribution in [-0.4, -0.2) is 39.6 Å². The number of nitrogens with one attached hydrogen (secondary N) is 3. The first-order valence-electron chi connectivity index (χ1n) is 11.8. The van der Waals surface area contributed by atoms with Crippen molar-refractivity contribution in [2.45, 2.75) is 17.9 Å². The number of benzene rings is 3. The number of hydrogen-bond donors (Lipinski definition) is 3. The molecule has 4 aromatic rings. The predicted octanol–water partition coefficient (Wildman–Crippen LogP) is 3.60. The van der Waals surface area contributed by atoms with Crippen molar-refractivity contribution in [3.05, 3.63) is 88.2 Å². The van der Waals surface area contributed by atoms with Crippen LogP contribution in [0.25, 0.3) is 10.9 Å². The van der Waals surface area contributed by atoms with Gasteiger partial charge in [0.2, 0.25) is 5.43 Å². The molecule has 0 spiro atoms. The minimum atomic E-state index is -4.02. The van der Waals surface area contributed by atoms with Gasteiger partial charge in [-0.15, -0.1) is 0 Å². The smallest absolute Gasteiger partial charge is 0.261 e. The molecule has 1 atom stereocenters. The molecule has 1 aromatic heterocycles. The van der Waals surface area contributed by atoms with Gasteiger partial charge in [-0.25, -0.2) is 8.42 Å². The number of sulfonamides is 1. The molecule has 0 fully saturated rings. The van der Waals surface area contributed by atoms with Crippen LogP contribution in [0.15, 0.2) is 76.6 Å². The first-order valence-corrected chi connectivity index (χ1v) is 13.3. The highest BCUT2D eigenvalue weighted by Crippen LogP contribution is 2.32. The highest BCUT2D eigenvalue weighted by atomic mass is 32.2. The van der Waals surface area contributed by atoms with Gasteiger partial charge >= 0.3 is 0 Å². The van der Waals surface area contributed by atoms with E-state index >= 15 is 0 Å². The molecule has 38 heavy (non-hydrogen) atoms. The lowest BCUT2D eigenvalue weighted by atomic mass is 10.1. The van der Waals surface area contributed by atoms with Gasteiger partial charge in [0.25, 0.3) is 15.9 Å². The molecule has 3 N–H and O–H groups in total. The van der Waals surface area contributed by atoms with Gasteiger partial charge in [0.1, 0.15) is 24.5 Å². The molecule has 0 aliphatic carbocycles. The second kappa shape index (κ2) is 10.1. The molecule has 0 bridgehead atoms. The minimum absolute atomic E-state index is 0.0677. The van der Waals surface area contributed by atoms with Crippen LogP contribution in [0.2, 0.25) is 0 Å². The van der Waals surface area contributed by atoms with Crippen LogP contribution in [-0.2, 0) is 10.0 Å². The van der Waals surface area contributed by atoms with Crippen molar-refractivity contribution in [2.75, 3.05) is 25.0 Å². The Hall–Kier alpha value is -4.51. The third kappa shape index (κ3) is 5.00. The van der Waals surface area contributed by atoms with Gasteiger partial charge in [-0.3, -0.25) is 14.3 Å². The molecule has 3 aromatic carbocycles. The molecule has 0 saturated heterocycles. The van der Waals surface area contributed by atoms with Gasteiger partial charge in [-0.2, -0.15) is 0 Å². The molecule has 11 heteroatoms. The number of ether oxygens (including phenoxy) is 3. The van der Waals surface area contributed by atoms with E-state index in [0.717, 1.165) is 5.56 Å². The zero-order chi connectivity index (χ0) is 26.9. The normalized spacial score (nSPS) is 13.5. The van der Waals surface area contributed by atoms with Crippen LogP contribution >= 0.6 is 0 Å². The summed E-state index contributed by atoms with van der Waals surface area (Å²) in [5.41, 5.74) is 0.740. The van der Waals surface area contributed by atoms with Crippen molar-refractivity contribution in [3.8, 4) is 17.2 Å². The van der Waals surface area contributed by atoms with Gasteiger partial charge in [0.15, 0.2) is 11.5 Å². The van der Waals surface area contributed by atoms with Crippen LogP contribution in [0.1, 0.15) is 28.9 Å². The molecule has 5 rings (SSSR count). The molecular weight excluding hydrogens is 510 g/mol. The molecule has 0 saturated carbocycles. The van der Waals surface area contributed by atoms with Crippen LogP contribution in [0.3, 0.4) is 0 Å². The lowest BCUT2D eigenvalue weighted by Gasteiger charge is -2.21. The van der Waals surface area contributed by atoms with Gasteiger partial charge < -0.3 is 24.5 Å². The Labute approximate surface area is 218 Å². The van der Waals surface area contributed by atoms with E-state index in [2.05, 4.69) is 15.0 Å². The molecule has 0 unspecified atom stereocenters. The third-order valence-electron chi connectivity index (χ3n) is 6.14. The Bertz CT molecular complexity index is 1700. The summed E-state index contributed by atoms with van der Waals surface area (Å²) in [6.45, 7) is 2.70. The number of rotatable bonds is 7. The molecule has 1 aliphatic heterocycles. The fraction of sp³-hybridized carbons (Fsp3) is 0.185. The first-order chi connectivity index (χ1) is 18.2. The standard InChI is InChI=1S/C27H25N3O7S/c1-16(17-6-9-24-25(12-17)37-11-10-36-24)29-27(32)22-15-28-23-8-7-20(14-21(23)26(22)31)38(33,34)30-18-4-3-5-19(13-18)35-2/h3-9,12-16,30H,10-11H2,1-2H3,(H,28,31)(H,29,32)/t16-/m1/s1. The lowest BCUT2D eigenvalue weighted by Crippen LogP contribution is -2.31. The molecule has 1 amide bonds. The molecule has 10 nitrogen and oxygen atoms in total. The van der Waals surface area contributed by atoms with E-state index in [1.807, 2.05) is 6.07 Å². The summed E-state index contributed by atoms with van der Waals surface area (Å²) < 4.78 is 44.8. The largest absolute Gasteiger partial charge is 0.497 e. The van der Waals surface area contributed by atoms with E-state index in [1.54, 1.807) is 37.3 Å². The second-order valence-electron chi connectivity index (χ2n) is 8.67. The predicted molar refractivity (Wildman–Crippen MR) is 142 cm³/mol. The average molecular weight is 536 g/mol. The Morgan fingerprint density at radius 2 is 1.82 bits per heavy atom. The number of methoxy groups -OCH3 is 1. The van der Waals surface area contributed by atoms with Crippen LogP contribution in [0, 0.1) is 0 Å². The van der Waals surface area contributed by atoms with Crippen molar-refractivity contribution >= 4 is 32.5 Å². The van der Waals surface area contributed by atoms with Crippen LogP contribution in [0.5, 0.6) is 17.2 Å². The summed E-state index contributed by atoms with van der Waals surface area (Å²) in [6, 6.07) is 15.5. The Balaban J connectivity index is 1.40. The summed E-state index contributed by atoms with van der Waals surface area (Å²) in [5, 5.41) is 2.88. The van der Waals surface area contributed by atoms with Crippen molar-refractivity contribution in [1.29, 1.82) is 0 Å². The summed E-state index contributed by atoms with van der Waals surface area (Å²) in [6.07, 6.45) is 1.32. The molecule has 196 valence electrons. The maximum atomic E-state index is 13.3. The summed E-state index contributed by atoms with van der Waals surface area (Å²) >= 11 is 0. The second-order valence-corrected chi connectivity index (χ2v) is 10.4. The SMILES string of the molecule is COc1cccc(NS(=O)(=O)c2ccc3[nH]cc(C(=O)N[C@H](C)c4ccc5c(c4)OCCO5)c(=O)c3c2)c1. The maximum absolute atomic E-state index is 13.3. The summed E-state index contributed by atoms with van der Waals surface area (Å²) in [7, 11) is -2.54. The number of anilines is 1. The monoisotopic (exact) mass is 535 g/mol. The summed E-state index contributed by atoms with van der Waals surface area (Å²) in [5.74, 6) is 1.12. The number of H-pyrrole nitrogens is 1. The highest BCUT2D eigenvalue weighted by molar-refractivity contribution is 7.92. The average Bonchev–Trinajstić information content (AvgIpc) is 2.92. The number of fused-ring (bicyclic) bond motifs is 2. The fourth-order valence-electron chi connectivity index (χ4n) is 4.12. The van der Waals surface area contributed by atoms with E-state index in [4.69, 9.17) is 14.2 Å². The number of carbonyl (C=O) groups is 1. The lowest BCUT2D eigenvalue weighted by molar-refractivity contribution is 0.0938. The van der Waals surface area contributed by atoms with Crippen molar-refractivity contribution in [1.82, 2.24) is 10.3 Å². The fourth-order valence-corrected chi connectivity index (χ4v) is 5.20. The molecular formula is C27H25N3O7S. The minimum Gasteiger partial charge on any atom is -0.497 e. The van der Waals surface area contributed by atoms with E-state index in [1.165, 1.54) is 37.6 Å². The maximum Gasteiger partial charge on any atom is 0.261 e. The van der Waals surface area contributed by atoms with Gasteiger partial charge in [-0.1, -0.05) is 12.1 Å². The third-order valence-corrected chi connectivity index (χ3v) is 7.52. The zero-order valence-electron chi connectivity index (χ0n) is 20.6. The molecule has 0 radical (unpaired) electrons. The molecule has 1 aliphatic rings. The summed E-state index contributed by atoms with van der Waals surface area (Å²) in [4.78, 5) is 29.1. The molecule has 2 heterocycles. The number of pyridine rings is 1. The van der Waals surface area contributed by atoms with E-state index in [9.17, 15) is 18.0 Å². The zero-order valence-corrected chi connectivity index (χ0v) is 21.4. The number of hydrogen-bond acceptors (Lipinski definition) is 7. The van der Waals surface area contributed by atoms with Crippen molar-refractivity contribution < 1.29 is 27.4 Å². The first kappa shape index (κ1) is 25.2. The number of amides is 1. The van der Waals surface area contributed by atoms with Crippen LogP contribution in [0.4, 0.5) is 5.69 Å². The van der Waals surface area contributed by atoms with Gasteiger partial charge in [0, 0.05) is 23.2 Å². The Kier molecular flexibility index (Phi) is 6.68. The number of aromatic nitrogens is 1. The number of aromatic amines is 1. The van der Waals surface area contributed by atoms with Gasteiger partial charge in [0.05, 0.1) is 23.7 Å². The Morgan fingerprint density at radius 3 is 2.61 bits per heavy atom. The van der Waals surface area contributed by atoms with Gasteiger partial charge in [-0.05, 0) is 55.0 Å². The highest BCUT2D eigenvalue weighted by Gasteiger charge is 2.21. The Morgan fingerprint density at radius 1 is 1.03 bits per heavy atom. The van der Waals surface area contributed by atoms with E-state index < -0.39 is 27.4 Å². The topological polar surface area (TPSA) is 136 Å². The van der Waals surface area contributed by atoms with Crippen molar-refractivity contribution in [3.63, 3.8) is 0 Å². The quantitative estimate of drug-likeness (QED) is 0.329. The van der Waals surface area contributed by atoms with Crippen LogP contribution < -0.4 is 29.7 Å². The van der Waals surface area contributed by atoms with Crippen molar-refractivity contribution in [2.24, 2.45) is 0 Å². The van der Waals surface area contributed by atoms with E-state index in [-0.39, 0.29) is 15.8 Å².